The van der Waals surface area contributed by atoms with Gasteiger partial charge in [-0.05, 0) is 29.8 Å². The van der Waals surface area contributed by atoms with Crippen LogP contribution in [0.4, 0.5) is 5.69 Å². The van der Waals surface area contributed by atoms with Crippen LogP contribution in [0.15, 0.2) is 42.5 Å². The molecule has 21 heavy (non-hydrogen) atoms. The first-order valence-electron chi connectivity index (χ1n) is 6.32. The Morgan fingerprint density at radius 3 is 2.43 bits per heavy atom. The van der Waals surface area contributed by atoms with Crippen molar-refractivity contribution >= 4 is 17.3 Å². The first-order chi connectivity index (χ1) is 10.2. The Labute approximate surface area is 128 Å². The minimum atomic E-state index is -0.537. The molecule has 2 aromatic rings. The maximum Gasteiger partial charge on any atom is 0.161 e. The van der Waals surface area contributed by atoms with E-state index in [0.29, 0.717) is 22.2 Å². The Morgan fingerprint density at radius 2 is 1.81 bits per heavy atom. The van der Waals surface area contributed by atoms with Gasteiger partial charge in [-0.1, -0.05) is 29.8 Å². The Balaban J connectivity index is 2.30. The van der Waals surface area contributed by atoms with Crippen LogP contribution in [0.1, 0.15) is 11.6 Å². The molecule has 0 saturated carbocycles. The lowest BCUT2D eigenvalue weighted by Gasteiger charge is -2.16. The number of nitrogens with one attached hydrogen (secondary N) is 1. The van der Waals surface area contributed by atoms with Gasteiger partial charge in [-0.3, -0.25) is 0 Å². The minimum Gasteiger partial charge on any atom is -0.493 e. The van der Waals surface area contributed by atoms with Gasteiger partial charge in [0.1, 0.15) is 6.04 Å². The summed E-state index contributed by atoms with van der Waals surface area (Å²) in [5, 5.41) is 13.1. The van der Waals surface area contributed by atoms with Crippen molar-refractivity contribution in [3.63, 3.8) is 0 Å². The molecular formula is C16H15ClN2O2. The summed E-state index contributed by atoms with van der Waals surface area (Å²) in [6.45, 7) is 0. The quantitative estimate of drug-likeness (QED) is 0.906. The number of nitriles is 1. The van der Waals surface area contributed by atoms with E-state index in [9.17, 15) is 5.26 Å². The molecule has 0 fully saturated rings. The predicted molar refractivity (Wildman–Crippen MR) is 83.0 cm³/mol. The monoisotopic (exact) mass is 302 g/mol. The molecule has 0 aliphatic heterocycles. The summed E-state index contributed by atoms with van der Waals surface area (Å²) in [4.78, 5) is 0. The molecule has 0 aromatic heterocycles. The van der Waals surface area contributed by atoms with Gasteiger partial charge in [0.2, 0.25) is 0 Å². The van der Waals surface area contributed by atoms with Crippen molar-refractivity contribution in [2.75, 3.05) is 19.5 Å². The van der Waals surface area contributed by atoms with Crippen LogP contribution in [0.3, 0.4) is 0 Å². The van der Waals surface area contributed by atoms with Crippen molar-refractivity contribution in [1.82, 2.24) is 0 Å². The molecule has 108 valence electrons. The van der Waals surface area contributed by atoms with Crippen LogP contribution >= 0.6 is 11.6 Å². The number of para-hydroxylation sites is 1. The molecule has 0 saturated heterocycles. The molecule has 1 atom stereocenters. The van der Waals surface area contributed by atoms with Gasteiger partial charge >= 0.3 is 0 Å². The van der Waals surface area contributed by atoms with E-state index >= 15 is 0 Å². The Kier molecular flexibility index (Phi) is 4.91. The molecule has 0 radical (unpaired) electrons. The van der Waals surface area contributed by atoms with Gasteiger partial charge in [0.15, 0.2) is 11.5 Å². The molecule has 1 unspecified atom stereocenters. The topological polar surface area (TPSA) is 54.3 Å². The third-order valence-electron chi connectivity index (χ3n) is 3.04. The summed E-state index contributed by atoms with van der Waals surface area (Å²) in [5.74, 6) is 1.20. The average molecular weight is 303 g/mol. The second-order valence-electron chi connectivity index (χ2n) is 4.30. The van der Waals surface area contributed by atoms with Crippen LogP contribution < -0.4 is 14.8 Å². The van der Waals surface area contributed by atoms with Crippen molar-refractivity contribution in [3.05, 3.63) is 53.1 Å². The Morgan fingerprint density at radius 1 is 1.10 bits per heavy atom. The van der Waals surface area contributed by atoms with Crippen molar-refractivity contribution < 1.29 is 9.47 Å². The summed E-state index contributed by atoms with van der Waals surface area (Å²) in [7, 11) is 3.13. The van der Waals surface area contributed by atoms with E-state index in [1.54, 1.807) is 32.4 Å². The highest BCUT2D eigenvalue weighted by Crippen LogP contribution is 2.32. The fourth-order valence-corrected chi connectivity index (χ4v) is 2.15. The highest BCUT2D eigenvalue weighted by atomic mass is 35.5. The van der Waals surface area contributed by atoms with E-state index in [0.717, 1.165) is 5.56 Å². The molecule has 0 spiro atoms. The number of anilines is 1. The van der Waals surface area contributed by atoms with Crippen LogP contribution in [0, 0.1) is 11.3 Å². The van der Waals surface area contributed by atoms with Crippen LogP contribution in [0.2, 0.25) is 5.02 Å². The van der Waals surface area contributed by atoms with Gasteiger partial charge in [0.05, 0.1) is 31.0 Å². The molecule has 0 aliphatic rings. The van der Waals surface area contributed by atoms with E-state index in [1.165, 1.54) is 0 Å². The van der Waals surface area contributed by atoms with Crippen molar-refractivity contribution in [3.8, 4) is 17.6 Å². The number of methoxy groups -OCH3 is 2. The van der Waals surface area contributed by atoms with Crippen molar-refractivity contribution in [2.24, 2.45) is 0 Å². The van der Waals surface area contributed by atoms with Gasteiger partial charge in [0.25, 0.3) is 0 Å². The molecule has 0 bridgehead atoms. The van der Waals surface area contributed by atoms with Gasteiger partial charge in [-0.15, -0.1) is 0 Å². The largest absolute Gasteiger partial charge is 0.493 e. The van der Waals surface area contributed by atoms with Crippen molar-refractivity contribution in [1.29, 1.82) is 5.26 Å². The smallest absolute Gasteiger partial charge is 0.161 e. The summed E-state index contributed by atoms with van der Waals surface area (Å²) < 4.78 is 10.4. The number of halogens is 1. The maximum atomic E-state index is 9.39. The van der Waals surface area contributed by atoms with E-state index in [1.807, 2.05) is 24.3 Å². The predicted octanol–water partition coefficient (Wildman–Crippen LogP) is 4.03. The molecule has 1 N–H and O–H groups in total. The number of hydrogen-bond donors (Lipinski definition) is 1. The number of benzene rings is 2. The molecule has 0 amide bonds. The van der Waals surface area contributed by atoms with E-state index in [4.69, 9.17) is 21.1 Å². The highest BCUT2D eigenvalue weighted by molar-refractivity contribution is 6.33. The fourth-order valence-electron chi connectivity index (χ4n) is 1.96. The molecular weight excluding hydrogens is 288 g/mol. The first kappa shape index (κ1) is 15.0. The number of nitrogens with zero attached hydrogens (tertiary/aromatic N) is 1. The van der Waals surface area contributed by atoms with Gasteiger partial charge < -0.3 is 14.8 Å². The second-order valence-corrected chi connectivity index (χ2v) is 4.71. The molecule has 4 nitrogen and oxygen atoms in total. The zero-order chi connectivity index (χ0) is 15.2. The van der Waals surface area contributed by atoms with Gasteiger partial charge in [0, 0.05) is 0 Å². The molecule has 0 heterocycles. The van der Waals surface area contributed by atoms with E-state index < -0.39 is 6.04 Å². The molecule has 5 heteroatoms. The lowest BCUT2D eigenvalue weighted by molar-refractivity contribution is 0.354. The number of rotatable bonds is 5. The van der Waals surface area contributed by atoms with Crippen LogP contribution in [-0.2, 0) is 0 Å². The normalized spacial score (nSPS) is 11.3. The Bertz CT molecular complexity index is 668. The van der Waals surface area contributed by atoms with Gasteiger partial charge in [-0.2, -0.15) is 5.26 Å². The molecule has 2 rings (SSSR count). The molecule has 2 aromatic carbocycles. The fraction of sp³-hybridized carbons (Fsp3) is 0.188. The van der Waals surface area contributed by atoms with Gasteiger partial charge in [-0.25, -0.2) is 0 Å². The zero-order valence-electron chi connectivity index (χ0n) is 11.8. The lowest BCUT2D eigenvalue weighted by atomic mass is 10.1. The SMILES string of the molecule is COc1ccc(C(C#N)Nc2ccccc2Cl)cc1OC. The average Bonchev–Trinajstić information content (AvgIpc) is 2.53. The van der Waals surface area contributed by atoms with E-state index in [2.05, 4.69) is 11.4 Å². The maximum absolute atomic E-state index is 9.39. The summed E-state index contributed by atoms with van der Waals surface area (Å²) >= 11 is 6.10. The summed E-state index contributed by atoms with van der Waals surface area (Å²) in [6, 6.07) is 14.3. The lowest BCUT2D eigenvalue weighted by Crippen LogP contribution is -2.09. The zero-order valence-corrected chi connectivity index (χ0v) is 12.5. The third-order valence-corrected chi connectivity index (χ3v) is 3.37. The standard InChI is InChI=1S/C16H15ClN2O2/c1-20-15-8-7-11(9-16(15)21-2)14(10-18)19-13-6-4-3-5-12(13)17/h3-9,14,19H,1-2H3. The first-order valence-corrected chi connectivity index (χ1v) is 6.70. The summed E-state index contributed by atoms with van der Waals surface area (Å²) in [5.41, 5.74) is 1.48. The van der Waals surface area contributed by atoms with Crippen LogP contribution in [-0.4, -0.2) is 14.2 Å². The van der Waals surface area contributed by atoms with Crippen LogP contribution in [0.5, 0.6) is 11.5 Å². The van der Waals surface area contributed by atoms with E-state index in [-0.39, 0.29) is 0 Å². The number of ether oxygens (including phenoxy) is 2. The van der Waals surface area contributed by atoms with Crippen molar-refractivity contribution in [2.45, 2.75) is 6.04 Å². The molecule has 0 aliphatic carbocycles. The second kappa shape index (κ2) is 6.87. The van der Waals surface area contributed by atoms with Crippen LogP contribution in [0.25, 0.3) is 0 Å². The summed E-state index contributed by atoms with van der Waals surface area (Å²) in [6.07, 6.45) is 0. The number of hydrogen-bond acceptors (Lipinski definition) is 4. The highest BCUT2D eigenvalue weighted by Gasteiger charge is 2.14. The minimum absolute atomic E-state index is 0.537. The Hall–Kier alpha value is -2.38. The third kappa shape index (κ3) is 3.39.